The van der Waals surface area contributed by atoms with Crippen LogP contribution in [0.1, 0.15) is 43.5 Å². The van der Waals surface area contributed by atoms with Gasteiger partial charge in [-0.1, -0.05) is 48.0 Å². The van der Waals surface area contributed by atoms with E-state index in [0.29, 0.717) is 17.5 Å². The summed E-state index contributed by atoms with van der Waals surface area (Å²) < 4.78 is 5.57. The number of aryl methyl sites for hydroxylation is 1. The van der Waals surface area contributed by atoms with Crippen molar-refractivity contribution in [2.75, 3.05) is 5.32 Å². The second kappa shape index (κ2) is 7.08. The fourth-order valence-corrected chi connectivity index (χ4v) is 3.23. The minimum Gasteiger partial charge on any atom is -0.454 e. The number of carbonyl (C=O) groups is 2. The van der Waals surface area contributed by atoms with E-state index in [1.165, 1.54) is 0 Å². The second-order valence-electron chi connectivity index (χ2n) is 6.70. The molecule has 0 saturated heterocycles. The van der Waals surface area contributed by atoms with E-state index in [2.05, 4.69) is 5.32 Å². The van der Waals surface area contributed by atoms with Crippen LogP contribution in [0.4, 0.5) is 5.69 Å². The molecule has 1 N–H and O–H groups in total. The maximum Gasteiger partial charge on any atom is 0.339 e. The van der Waals surface area contributed by atoms with Gasteiger partial charge in [-0.2, -0.15) is 0 Å². The van der Waals surface area contributed by atoms with Crippen molar-refractivity contribution in [3.63, 3.8) is 0 Å². The number of cyclic esters (lactones) is 1. The lowest BCUT2D eigenvalue weighted by molar-refractivity contribution is 0.0252. The summed E-state index contributed by atoms with van der Waals surface area (Å²) in [6, 6.07) is 22.4. The van der Waals surface area contributed by atoms with E-state index < -0.39 is 0 Å². The Hall–Kier alpha value is -3.40. The zero-order chi connectivity index (χ0) is 18.8. The highest BCUT2D eigenvalue weighted by Crippen LogP contribution is 2.31. The van der Waals surface area contributed by atoms with Gasteiger partial charge in [-0.05, 0) is 48.4 Å². The first-order valence-electron chi connectivity index (χ1n) is 8.87. The molecular formula is C23H19NO3. The SMILES string of the molecule is Cc1ccc(NC(=O)c2ccc3c(c2)C[C@H](c2ccccc2)OC3=O)cc1. The third-order valence-electron chi connectivity index (χ3n) is 4.72. The Morgan fingerprint density at radius 2 is 1.74 bits per heavy atom. The van der Waals surface area contributed by atoms with Crippen LogP contribution >= 0.6 is 0 Å². The Morgan fingerprint density at radius 1 is 1.00 bits per heavy atom. The predicted octanol–water partition coefficient (Wildman–Crippen LogP) is 4.70. The van der Waals surface area contributed by atoms with Crippen LogP contribution in [0.25, 0.3) is 0 Å². The topological polar surface area (TPSA) is 55.4 Å². The number of benzene rings is 3. The normalized spacial score (nSPS) is 15.6. The van der Waals surface area contributed by atoms with Crippen molar-refractivity contribution in [1.82, 2.24) is 0 Å². The van der Waals surface area contributed by atoms with Crippen LogP contribution in [0.15, 0.2) is 72.8 Å². The Bertz CT molecular complexity index is 994. The molecule has 0 spiro atoms. The fourth-order valence-electron chi connectivity index (χ4n) is 3.23. The number of hydrogen-bond donors (Lipinski definition) is 1. The lowest BCUT2D eigenvalue weighted by Crippen LogP contribution is -2.23. The van der Waals surface area contributed by atoms with Crippen molar-refractivity contribution in [3.8, 4) is 0 Å². The molecule has 1 aliphatic rings. The molecule has 0 fully saturated rings. The highest BCUT2D eigenvalue weighted by atomic mass is 16.5. The number of esters is 1. The average molecular weight is 357 g/mol. The first kappa shape index (κ1) is 17.0. The quantitative estimate of drug-likeness (QED) is 0.691. The number of fused-ring (bicyclic) bond motifs is 1. The Morgan fingerprint density at radius 3 is 2.48 bits per heavy atom. The molecular weight excluding hydrogens is 338 g/mol. The minimum absolute atomic E-state index is 0.197. The summed E-state index contributed by atoms with van der Waals surface area (Å²) in [5, 5.41) is 2.89. The van der Waals surface area contributed by atoms with Gasteiger partial charge in [-0.25, -0.2) is 4.79 Å². The van der Waals surface area contributed by atoms with Gasteiger partial charge in [0.15, 0.2) is 0 Å². The first-order chi connectivity index (χ1) is 13.1. The molecule has 1 aliphatic heterocycles. The van der Waals surface area contributed by atoms with E-state index in [0.717, 1.165) is 22.4 Å². The molecule has 4 heteroatoms. The molecule has 0 unspecified atom stereocenters. The summed E-state index contributed by atoms with van der Waals surface area (Å²) in [5.41, 5.74) is 4.70. The number of carbonyl (C=O) groups excluding carboxylic acids is 2. The van der Waals surface area contributed by atoms with E-state index >= 15 is 0 Å². The van der Waals surface area contributed by atoms with E-state index in [-0.39, 0.29) is 18.0 Å². The Labute approximate surface area is 157 Å². The molecule has 1 atom stereocenters. The standard InChI is InChI=1S/C23H19NO3/c1-15-7-10-19(11-8-15)24-22(25)17-9-12-20-18(13-17)14-21(27-23(20)26)16-5-3-2-4-6-16/h2-13,21H,14H2,1H3,(H,24,25)/t21-/m1/s1. The van der Waals surface area contributed by atoms with Gasteiger partial charge in [0.25, 0.3) is 5.91 Å². The first-order valence-corrected chi connectivity index (χ1v) is 8.87. The van der Waals surface area contributed by atoms with E-state index in [9.17, 15) is 9.59 Å². The number of ether oxygens (including phenoxy) is 1. The molecule has 4 nitrogen and oxygen atoms in total. The van der Waals surface area contributed by atoms with Crippen LogP contribution in [-0.2, 0) is 11.2 Å². The van der Waals surface area contributed by atoms with Gasteiger partial charge in [-0.15, -0.1) is 0 Å². The number of rotatable bonds is 3. The molecule has 0 saturated carbocycles. The number of hydrogen-bond acceptors (Lipinski definition) is 3. The maximum atomic E-state index is 12.6. The van der Waals surface area contributed by atoms with Gasteiger partial charge in [-0.3, -0.25) is 4.79 Å². The molecule has 27 heavy (non-hydrogen) atoms. The highest BCUT2D eigenvalue weighted by molar-refractivity contribution is 6.05. The number of amides is 1. The summed E-state index contributed by atoms with van der Waals surface area (Å²) in [6.45, 7) is 2.00. The molecule has 0 radical (unpaired) electrons. The molecule has 0 aromatic heterocycles. The van der Waals surface area contributed by atoms with Crippen molar-refractivity contribution >= 4 is 17.6 Å². The Kier molecular flexibility index (Phi) is 4.47. The van der Waals surface area contributed by atoms with Gasteiger partial charge in [0.05, 0.1) is 5.56 Å². The van der Waals surface area contributed by atoms with Gasteiger partial charge in [0.1, 0.15) is 6.10 Å². The third-order valence-corrected chi connectivity index (χ3v) is 4.72. The predicted molar refractivity (Wildman–Crippen MR) is 104 cm³/mol. The van der Waals surface area contributed by atoms with Crippen molar-refractivity contribution < 1.29 is 14.3 Å². The van der Waals surface area contributed by atoms with Crippen molar-refractivity contribution in [1.29, 1.82) is 0 Å². The number of anilines is 1. The zero-order valence-electron chi connectivity index (χ0n) is 14.9. The molecule has 0 aliphatic carbocycles. The number of nitrogens with one attached hydrogen (secondary N) is 1. The van der Waals surface area contributed by atoms with E-state index in [1.54, 1.807) is 18.2 Å². The second-order valence-corrected chi connectivity index (χ2v) is 6.70. The van der Waals surface area contributed by atoms with Crippen molar-refractivity contribution in [3.05, 3.63) is 101 Å². The molecule has 134 valence electrons. The molecule has 4 rings (SSSR count). The van der Waals surface area contributed by atoms with Crippen LogP contribution in [0.2, 0.25) is 0 Å². The lowest BCUT2D eigenvalue weighted by Gasteiger charge is -2.25. The third kappa shape index (κ3) is 3.60. The van der Waals surface area contributed by atoms with Crippen LogP contribution in [0, 0.1) is 6.92 Å². The van der Waals surface area contributed by atoms with Crippen LogP contribution in [0.3, 0.4) is 0 Å². The summed E-state index contributed by atoms with van der Waals surface area (Å²) in [6.07, 6.45) is 0.220. The summed E-state index contributed by atoms with van der Waals surface area (Å²) in [4.78, 5) is 24.9. The van der Waals surface area contributed by atoms with Crippen LogP contribution < -0.4 is 5.32 Å². The fraction of sp³-hybridized carbons (Fsp3) is 0.130. The minimum atomic E-state index is -0.351. The highest BCUT2D eigenvalue weighted by Gasteiger charge is 2.28. The smallest absolute Gasteiger partial charge is 0.339 e. The average Bonchev–Trinajstić information content (AvgIpc) is 2.70. The van der Waals surface area contributed by atoms with E-state index in [4.69, 9.17) is 4.74 Å². The molecule has 1 amide bonds. The van der Waals surface area contributed by atoms with Gasteiger partial charge < -0.3 is 10.1 Å². The van der Waals surface area contributed by atoms with Gasteiger partial charge >= 0.3 is 5.97 Å². The summed E-state index contributed by atoms with van der Waals surface area (Å²) in [7, 11) is 0. The molecule has 3 aromatic carbocycles. The van der Waals surface area contributed by atoms with Gasteiger partial charge in [0.2, 0.25) is 0 Å². The maximum absolute atomic E-state index is 12.6. The molecule has 3 aromatic rings. The summed E-state index contributed by atoms with van der Waals surface area (Å²) >= 11 is 0. The van der Waals surface area contributed by atoms with Crippen molar-refractivity contribution in [2.24, 2.45) is 0 Å². The van der Waals surface area contributed by atoms with Crippen molar-refractivity contribution in [2.45, 2.75) is 19.4 Å². The lowest BCUT2D eigenvalue weighted by atomic mass is 9.93. The van der Waals surface area contributed by atoms with Crippen LogP contribution in [-0.4, -0.2) is 11.9 Å². The molecule has 1 heterocycles. The largest absolute Gasteiger partial charge is 0.454 e. The zero-order valence-corrected chi connectivity index (χ0v) is 14.9. The monoisotopic (exact) mass is 357 g/mol. The molecule has 0 bridgehead atoms. The van der Waals surface area contributed by atoms with E-state index in [1.807, 2.05) is 61.5 Å². The Balaban J connectivity index is 1.58. The van der Waals surface area contributed by atoms with Gasteiger partial charge in [0, 0.05) is 17.7 Å². The van der Waals surface area contributed by atoms with Crippen LogP contribution in [0.5, 0.6) is 0 Å². The summed E-state index contributed by atoms with van der Waals surface area (Å²) in [5.74, 6) is -0.549.